The average Bonchev–Trinajstić information content (AvgIpc) is 3.58. The van der Waals surface area contributed by atoms with Crippen molar-refractivity contribution < 1.29 is 14.2 Å². The number of pyridine rings is 1. The summed E-state index contributed by atoms with van der Waals surface area (Å²) in [4.78, 5) is 19.0. The maximum Gasteiger partial charge on any atom is 0.319 e. The number of phenols is 1. The summed E-state index contributed by atoms with van der Waals surface area (Å²) in [7, 11) is 1.98. The number of benzene rings is 1. The molecular weight excluding hydrogens is 507 g/mol. The highest BCUT2D eigenvalue weighted by Crippen LogP contribution is 2.48. The Morgan fingerprint density at radius 3 is 2.65 bits per heavy atom. The van der Waals surface area contributed by atoms with Gasteiger partial charge in [-0.3, -0.25) is 9.88 Å². The molecule has 5 heterocycles. The van der Waals surface area contributed by atoms with Crippen LogP contribution in [0.4, 0.5) is 10.2 Å². The summed E-state index contributed by atoms with van der Waals surface area (Å²) < 4.78 is 22.9. The standard InChI is InChI=1S/C31H39FN6O2/c1-19-14-22(39)15-23(25(19)20-7-8-20)27-26(32)28-24(16-34-27)29(37-11-3-6-21(17-37)33-2)36-30(35-28)40-18-31-9-4-12-38(31)13-5-10-31/h14-16,20-21,33,39H,3-13,17-18H2,1-2H3. The number of aromatic nitrogens is 3. The minimum absolute atomic E-state index is 0.0427. The van der Waals surface area contributed by atoms with Crippen molar-refractivity contribution in [3.8, 4) is 23.0 Å². The Hall–Kier alpha value is -3.04. The molecule has 1 unspecified atom stereocenters. The van der Waals surface area contributed by atoms with Crippen molar-refractivity contribution in [3.63, 3.8) is 0 Å². The molecule has 9 heteroatoms. The number of fused-ring (bicyclic) bond motifs is 2. The van der Waals surface area contributed by atoms with Crippen LogP contribution in [-0.4, -0.2) is 76.4 Å². The highest BCUT2D eigenvalue weighted by atomic mass is 19.1. The molecule has 1 saturated carbocycles. The molecule has 212 valence electrons. The monoisotopic (exact) mass is 546 g/mol. The van der Waals surface area contributed by atoms with E-state index in [-0.39, 0.29) is 28.5 Å². The first-order valence-corrected chi connectivity index (χ1v) is 15.0. The van der Waals surface area contributed by atoms with Crippen LogP contribution in [0.1, 0.15) is 68.4 Å². The summed E-state index contributed by atoms with van der Waals surface area (Å²) in [5.41, 5.74) is 3.19. The topological polar surface area (TPSA) is 86.6 Å². The number of nitrogens with one attached hydrogen (secondary N) is 1. The van der Waals surface area contributed by atoms with Gasteiger partial charge in [0.15, 0.2) is 5.82 Å². The number of phenolic OH excluding ortho intramolecular Hbond substituents is 1. The Morgan fingerprint density at radius 1 is 1.10 bits per heavy atom. The molecule has 4 aliphatic rings. The van der Waals surface area contributed by atoms with E-state index in [0.29, 0.717) is 35.3 Å². The number of hydrogen-bond acceptors (Lipinski definition) is 8. The van der Waals surface area contributed by atoms with Gasteiger partial charge in [0, 0.05) is 30.9 Å². The van der Waals surface area contributed by atoms with E-state index in [4.69, 9.17) is 14.7 Å². The number of likely N-dealkylation sites (N-methyl/N-ethyl adjacent to an activating group) is 1. The van der Waals surface area contributed by atoms with Gasteiger partial charge >= 0.3 is 6.01 Å². The third kappa shape index (κ3) is 4.47. The zero-order valence-electron chi connectivity index (χ0n) is 23.5. The third-order valence-corrected chi connectivity index (χ3v) is 9.67. The van der Waals surface area contributed by atoms with E-state index in [1.807, 2.05) is 14.0 Å². The molecule has 2 aromatic heterocycles. The van der Waals surface area contributed by atoms with Gasteiger partial charge in [-0.05, 0) is 108 Å². The van der Waals surface area contributed by atoms with Crippen LogP contribution in [-0.2, 0) is 0 Å². The predicted molar refractivity (Wildman–Crippen MR) is 154 cm³/mol. The van der Waals surface area contributed by atoms with Crippen LogP contribution in [0.15, 0.2) is 18.3 Å². The van der Waals surface area contributed by atoms with Gasteiger partial charge in [0.1, 0.15) is 29.4 Å². The minimum atomic E-state index is -0.485. The fourth-order valence-electron chi connectivity index (χ4n) is 7.47. The quantitative estimate of drug-likeness (QED) is 0.432. The van der Waals surface area contributed by atoms with E-state index in [9.17, 15) is 5.11 Å². The molecule has 40 heavy (non-hydrogen) atoms. The van der Waals surface area contributed by atoms with Gasteiger partial charge < -0.3 is 20.1 Å². The maximum atomic E-state index is 16.6. The van der Waals surface area contributed by atoms with E-state index in [1.54, 1.807) is 18.3 Å². The van der Waals surface area contributed by atoms with Crippen molar-refractivity contribution in [2.45, 2.75) is 75.8 Å². The van der Waals surface area contributed by atoms with Crippen LogP contribution < -0.4 is 15.0 Å². The minimum Gasteiger partial charge on any atom is -0.508 e. The van der Waals surface area contributed by atoms with Gasteiger partial charge in [0.25, 0.3) is 0 Å². The molecule has 3 saturated heterocycles. The number of anilines is 1. The Kier molecular flexibility index (Phi) is 6.54. The summed E-state index contributed by atoms with van der Waals surface area (Å²) in [6, 6.07) is 3.97. The lowest BCUT2D eigenvalue weighted by atomic mass is 9.94. The van der Waals surface area contributed by atoms with E-state index < -0.39 is 5.82 Å². The lowest BCUT2D eigenvalue weighted by Gasteiger charge is -2.34. The number of rotatable bonds is 7. The smallest absolute Gasteiger partial charge is 0.319 e. The summed E-state index contributed by atoms with van der Waals surface area (Å²) in [6.07, 6.45) is 10.6. The molecule has 0 spiro atoms. The summed E-state index contributed by atoms with van der Waals surface area (Å²) in [5, 5.41) is 14.4. The van der Waals surface area contributed by atoms with Gasteiger partial charge in [0.05, 0.1) is 10.9 Å². The van der Waals surface area contributed by atoms with E-state index in [1.165, 1.54) is 12.8 Å². The third-order valence-electron chi connectivity index (χ3n) is 9.67. The number of aromatic hydroxyl groups is 1. The Balaban J connectivity index is 1.33. The van der Waals surface area contributed by atoms with Crippen LogP contribution >= 0.6 is 0 Å². The molecule has 1 atom stereocenters. The van der Waals surface area contributed by atoms with Gasteiger partial charge in [-0.15, -0.1) is 0 Å². The largest absolute Gasteiger partial charge is 0.508 e. The number of nitrogens with zero attached hydrogens (tertiary/aromatic N) is 5. The van der Waals surface area contributed by atoms with Crippen LogP contribution in [0, 0.1) is 12.7 Å². The molecule has 0 amide bonds. The number of piperidine rings is 1. The fourth-order valence-corrected chi connectivity index (χ4v) is 7.47. The molecule has 1 aliphatic carbocycles. The van der Waals surface area contributed by atoms with E-state index in [2.05, 4.69) is 20.1 Å². The molecular formula is C31H39FN6O2. The molecule has 4 fully saturated rings. The van der Waals surface area contributed by atoms with Crippen molar-refractivity contribution in [2.24, 2.45) is 0 Å². The molecule has 2 N–H and O–H groups in total. The zero-order chi connectivity index (χ0) is 27.4. The van der Waals surface area contributed by atoms with Gasteiger partial charge in [0.2, 0.25) is 0 Å². The molecule has 0 radical (unpaired) electrons. The van der Waals surface area contributed by atoms with Crippen molar-refractivity contribution in [3.05, 3.63) is 35.3 Å². The first-order valence-electron chi connectivity index (χ1n) is 15.0. The lowest BCUT2D eigenvalue weighted by Crippen LogP contribution is -2.45. The highest BCUT2D eigenvalue weighted by Gasteiger charge is 2.45. The second kappa shape index (κ2) is 10.1. The number of hydrogen-bond donors (Lipinski definition) is 2. The zero-order valence-corrected chi connectivity index (χ0v) is 23.5. The van der Waals surface area contributed by atoms with Crippen LogP contribution in [0.5, 0.6) is 11.8 Å². The lowest BCUT2D eigenvalue weighted by molar-refractivity contribution is 0.108. The first-order chi connectivity index (χ1) is 19.5. The van der Waals surface area contributed by atoms with Gasteiger partial charge in [-0.25, -0.2) is 4.39 Å². The van der Waals surface area contributed by atoms with Crippen molar-refractivity contribution in [2.75, 3.05) is 44.7 Å². The van der Waals surface area contributed by atoms with Crippen molar-refractivity contribution in [1.29, 1.82) is 0 Å². The fraction of sp³-hybridized carbons (Fsp3) is 0.581. The highest BCUT2D eigenvalue weighted by molar-refractivity contribution is 5.92. The summed E-state index contributed by atoms with van der Waals surface area (Å²) >= 11 is 0. The first kappa shape index (κ1) is 25.9. The summed E-state index contributed by atoms with van der Waals surface area (Å²) in [5.74, 6) is 0.689. The molecule has 3 aliphatic heterocycles. The molecule has 1 aromatic carbocycles. The van der Waals surface area contributed by atoms with Crippen molar-refractivity contribution >= 4 is 16.7 Å². The molecule has 8 nitrogen and oxygen atoms in total. The second-order valence-corrected chi connectivity index (χ2v) is 12.3. The predicted octanol–water partition coefficient (Wildman–Crippen LogP) is 4.92. The molecule has 3 aromatic rings. The molecule has 7 rings (SSSR count). The summed E-state index contributed by atoms with van der Waals surface area (Å²) in [6.45, 7) is 6.34. The van der Waals surface area contributed by atoms with Crippen LogP contribution in [0.3, 0.4) is 0 Å². The SMILES string of the molecule is CNC1CCCN(c2nc(OCC34CCCN3CCC4)nc3c(F)c(-c4cc(O)cc(C)c4C4CC4)ncc23)C1. The van der Waals surface area contributed by atoms with E-state index >= 15 is 4.39 Å². The van der Waals surface area contributed by atoms with Crippen LogP contribution in [0.25, 0.3) is 22.2 Å². The molecule has 0 bridgehead atoms. The Bertz CT molecular complexity index is 1430. The van der Waals surface area contributed by atoms with Crippen molar-refractivity contribution in [1.82, 2.24) is 25.2 Å². The normalized spacial score (nSPS) is 22.7. The number of halogens is 1. The number of ether oxygens (including phenoxy) is 1. The average molecular weight is 547 g/mol. The second-order valence-electron chi connectivity index (χ2n) is 12.3. The number of aryl methyl sites for hydroxylation is 1. The van der Waals surface area contributed by atoms with Gasteiger partial charge in [-0.2, -0.15) is 9.97 Å². The Morgan fingerprint density at radius 2 is 1.90 bits per heavy atom. The van der Waals surface area contributed by atoms with Crippen LogP contribution in [0.2, 0.25) is 0 Å². The Labute approximate surface area is 235 Å². The van der Waals surface area contributed by atoms with Gasteiger partial charge in [-0.1, -0.05) is 0 Å². The van der Waals surface area contributed by atoms with E-state index in [0.717, 1.165) is 75.8 Å². The maximum absolute atomic E-state index is 16.6.